The molecule has 2 heteroatoms. The molecule has 46 heavy (non-hydrogen) atoms. The van der Waals surface area contributed by atoms with Crippen LogP contribution >= 0.6 is 0 Å². The third-order valence-electron chi connectivity index (χ3n) is 8.94. The first-order chi connectivity index (χ1) is 22.8. The molecule has 0 N–H and O–H groups in total. The third kappa shape index (κ3) is 4.51. The van der Waals surface area contributed by atoms with Crippen molar-refractivity contribution in [1.29, 1.82) is 0 Å². The van der Waals surface area contributed by atoms with E-state index in [0.29, 0.717) is 0 Å². The molecule has 0 aliphatic carbocycles. The summed E-state index contributed by atoms with van der Waals surface area (Å²) >= 11 is 0. The van der Waals surface area contributed by atoms with Gasteiger partial charge in [-0.1, -0.05) is 127 Å². The Balaban J connectivity index is 1.03. The molecule has 1 aliphatic heterocycles. The average molecular weight is 589 g/mol. The molecule has 9 rings (SSSR count). The Morgan fingerprint density at radius 3 is 1.67 bits per heavy atom. The van der Waals surface area contributed by atoms with Crippen LogP contribution in [0.5, 0.6) is 11.5 Å². The molecule has 0 amide bonds. The number of furan rings is 1. The molecule has 2 heterocycles. The fraction of sp³-hybridized carbons (Fsp3) is 0. The van der Waals surface area contributed by atoms with Crippen molar-refractivity contribution in [3.8, 4) is 78.7 Å². The molecule has 0 saturated heterocycles. The standard InChI is InChI=1S/C44H28O2/c1-3-9-30(10-4-1)36-23-21-34(27-38(36)31-11-5-2-6-12-31)29-17-19-32(20-18-29)40-25-26-41(45-40)35-22-24-42-39(28-35)37-15-7-13-33-14-8-16-43(46-42)44(33)37/h1-28H. The lowest BCUT2D eigenvalue weighted by atomic mass is 9.91. The maximum absolute atomic E-state index is 6.44. The molecule has 216 valence electrons. The van der Waals surface area contributed by atoms with E-state index in [2.05, 4.69) is 152 Å². The van der Waals surface area contributed by atoms with E-state index in [-0.39, 0.29) is 0 Å². The van der Waals surface area contributed by atoms with Crippen LogP contribution in [0.15, 0.2) is 174 Å². The summed E-state index contributed by atoms with van der Waals surface area (Å²) in [5.74, 6) is 3.44. The molecule has 0 saturated carbocycles. The van der Waals surface area contributed by atoms with Gasteiger partial charge in [0.15, 0.2) is 0 Å². The molecule has 7 aromatic carbocycles. The largest absolute Gasteiger partial charge is 0.456 e. The fourth-order valence-corrected chi connectivity index (χ4v) is 6.64. The second-order valence-electron chi connectivity index (χ2n) is 11.7. The first kappa shape index (κ1) is 26.3. The lowest BCUT2D eigenvalue weighted by Gasteiger charge is -2.21. The Kier molecular flexibility index (Phi) is 6.17. The minimum atomic E-state index is 0.830. The highest BCUT2D eigenvalue weighted by atomic mass is 16.5. The number of benzene rings is 7. The van der Waals surface area contributed by atoms with Crippen molar-refractivity contribution in [1.82, 2.24) is 0 Å². The lowest BCUT2D eigenvalue weighted by molar-refractivity contribution is 0.487. The quantitative estimate of drug-likeness (QED) is 0.200. The van der Waals surface area contributed by atoms with Crippen molar-refractivity contribution >= 4 is 10.8 Å². The molecular weight excluding hydrogens is 560 g/mol. The summed E-state index contributed by atoms with van der Waals surface area (Å²) in [5.41, 5.74) is 11.5. The maximum atomic E-state index is 6.44. The van der Waals surface area contributed by atoms with Crippen molar-refractivity contribution < 1.29 is 9.15 Å². The zero-order chi connectivity index (χ0) is 30.5. The van der Waals surface area contributed by atoms with Gasteiger partial charge in [0.2, 0.25) is 0 Å². The summed E-state index contributed by atoms with van der Waals surface area (Å²) in [6, 6.07) is 59.6. The summed E-state index contributed by atoms with van der Waals surface area (Å²) in [6.07, 6.45) is 0. The van der Waals surface area contributed by atoms with E-state index in [4.69, 9.17) is 9.15 Å². The Morgan fingerprint density at radius 1 is 0.304 bits per heavy atom. The molecule has 0 bridgehead atoms. The minimum Gasteiger partial charge on any atom is -0.456 e. The fourth-order valence-electron chi connectivity index (χ4n) is 6.64. The lowest BCUT2D eigenvalue weighted by Crippen LogP contribution is -1.97. The molecule has 8 aromatic rings. The number of fused-ring (bicyclic) bond motifs is 2. The number of ether oxygens (including phenoxy) is 1. The molecule has 0 atom stereocenters. The van der Waals surface area contributed by atoms with Crippen molar-refractivity contribution in [2.45, 2.75) is 0 Å². The Labute approximate surface area is 267 Å². The number of hydrogen-bond donors (Lipinski definition) is 0. The van der Waals surface area contributed by atoms with Gasteiger partial charge in [0.25, 0.3) is 0 Å². The first-order valence-corrected chi connectivity index (χ1v) is 15.6. The van der Waals surface area contributed by atoms with Gasteiger partial charge in [-0.05, 0) is 86.8 Å². The van der Waals surface area contributed by atoms with Gasteiger partial charge in [0, 0.05) is 22.1 Å². The summed E-state index contributed by atoms with van der Waals surface area (Å²) in [7, 11) is 0. The van der Waals surface area contributed by atoms with Gasteiger partial charge in [0.1, 0.15) is 23.0 Å². The van der Waals surface area contributed by atoms with Gasteiger partial charge in [-0.25, -0.2) is 0 Å². The van der Waals surface area contributed by atoms with Crippen molar-refractivity contribution in [3.63, 3.8) is 0 Å². The molecule has 0 spiro atoms. The van der Waals surface area contributed by atoms with Crippen LogP contribution in [0, 0.1) is 0 Å². The molecule has 0 unspecified atom stereocenters. The highest BCUT2D eigenvalue weighted by molar-refractivity contribution is 6.04. The number of rotatable bonds is 5. The van der Waals surface area contributed by atoms with Crippen molar-refractivity contribution in [3.05, 3.63) is 170 Å². The minimum absolute atomic E-state index is 0.830. The Bertz CT molecular complexity index is 2360. The third-order valence-corrected chi connectivity index (χ3v) is 8.94. The first-order valence-electron chi connectivity index (χ1n) is 15.6. The molecule has 0 fully saturated rings. The highest BCUT2D eigenvalue weighted by Gasteiger charge is 2.21. The van der Waals surface area contributed by atoms with Gasteiger partial charge in [-0.15, -0.1) is 0 Å². The zero-order valence-electron chi connectivity index (χ0n) is 25.0. The smallest absolute Gasteiger partial charge is 0.135 e. The predicted molar refractivity (Wildman–Crippen MR) is 189 cm³/mol. The highest BCUT2D eigenvalue weighted by Crippen LogP contribution is 2.47. The van der Waals surface area contributed by atoms with Gasteiger partial charge in [-0.3, -0.25) is 0 Å². The van der Waals surface area contributed by atoms with E-state index in [9.17, 15) is 0 Å². The average Bonchev–Trinajstić information content (AvgIpc) is 3.63. The molecule has 2 nitrogen and oxygen atoms in total. The van der Waals surface area contributed by atoms with Gasteiger partial charge < -0.3 is 9.15 Å². The van der Waals surface area contributed by atoms with Crippen molar-refractivity contribution in [2.75, 3.05) is 0 Å². The summed E-state index contributed by atoms with van der Waals surface area (Å²) < 4.78 is 12.7. The van der Waals surface area contributed by atoms with Crippen LogP contribution in [0.1, 0.15) is 0 Å². The van der Waals surface area contributed by atoms with Crippen molar-refractivity contribution in [2.24, 2.45) is 0 Å². The maximum Gasteiger partial charge on any atom is 0.135 e. The number of hydrogen-bond acceptors (Lipinski definition) is 2. The molecular formula is C44H28O2. The van der Waals surface area contributed by atoms with E-state index >= 15 is 0 Å². The summed E-state index contributed by atoms with van der Waals surface area (Å²) in [4.78, 5) is 0. The van der Waals surface area contributed by atoms with Gasteiger partial charge in [-0.2, -0.15) is 0 Å². The second-order valence-corrected chi connectivity index (χ2v) is 11.7. The van der Waals surface area contributed by atoms with Crippen LogP contribution in [0.3, 0.4) is 0 Å². The molecule has 1 aliphatic rings. The van der Waals surface area contributed by atoms with Crippen LogP contribution in [0.2, 0.25) is 0 Å². The van der Waals surface area contributed by atoms with Gasteiger partial charge >= 0.3 is 0 Å². The Morgan fingerprint density at radius 2 is 0.913 bits per heavy atom. The van der Waals surface area contributed by atoms with Crippen LogP contribution in [-0.2, 0) is 0 Å². The summed E-state index contributed by atoms with van der Waals surface area (Å²) in [5, 5.41) is 2.33. The Hall–Kier alpha value is -6.12. The van der Waals surface area contributed by atoms with Crippen LogP contribution < -0.4 is 4.74 Å². The topological polar surface area (TPSA) is 22.4 Å². The van der Waals surface area contributed by atoms with Crippen LogP contribution in [0.25, 0.3) is 77.9 Å². The van der Waals surface area contributed by atoms with Gasteiger partial charge in [0.05, 0.1) is 0 Å². The van der Waals surface area contributed by atoms with E-state index in [1.54, 1.807) is 0 Å². The predicted octanol–water partition coefficient (Wildman–Crippen LogP) is 12.5. The molecule has 0 radical (unpaired) electrons. The normalized spacial score (nSPS) is 11.7. The second kappa shape index (κ2) is 10.8. The SMILES string of the molecule is c1ccc(-c2ccc(-c3ccc(-c4ccc(-c5ccc6c(c5)-c5cccc7cccc(c57)O6)o4)cc3)cc2-c2ccccc2)cc1. The molecule has 1 aromatic heterocycles. The van der Waals surface area contributed by atoms with E-state index in [0.717, 1.165) is 50.7 Å². The van der Waals surface area contributed by atoms with Crippen LogP contribution in [0.4, 0.5) is 0 Å². The van der Waals surface area contributed by atoms with E-state index in [1.807, 2.05) is 18.2 Å². The zero-order valence-corrected chi connectivity index (χ0v) is 25.0. The van der Waals surface area contributed by atoms with E-state index < -0.39 is 0 Å². The summed E-state index contributed by atoms with van der Waals surface area (Å²) in [6.45, 7) is 0. The van der Waals surface area contributed by atoms with E-state index in [1.165, 1.54) is 38.8 Å². The van der Waals surface area contributed by atoms with Crippen LogP contribution in [-0.4, -0.2) is 0 Å². The monoisotopic (exact) mass is 588 g/mol.